The maximum absolute atomic E-state index is 13.3. The summed E-state index contributed by atoms with van der Waals surface area (Å²) < 4.78 is 5.35. The van der Waals surface area contributed by atoms with Crippen LogP contribution < -0.4 is 5.32 Å². The minimum atomic E-state index is -0.815. The number of aliphatic hydroxyl groups is 1. The second kappa shape index (κ2) is 9.57. The molecule has 1 amide bonds. The van der Waals surface area contributed by atoms with E-state index >= 15 is 0 Å². The van der Waals surface area contributed by atoms with Crippen molar-refractivity contribution in [1.82, 2.24) is 15.4 Å². The van der Waals surface area contributed by atoms with E-state index in [0.29, 0.717) is 36.1 Å². The molecular weight excluding hydrogens is 400 g/mol. The molecule has 3 rings (SSSR count). The number of carbonyl (C=O) groups excluding carboxylic acids is 1. The van der Waals surface area contributed by atoms with Gasteiger partial charge in [0.25, 0.3) is 11.6 Å². The van der Waals surface area contributed by atoms with Gasteiger partial charge in [-0.2, -0.15) is 0 Å². The number of amides is 1. The van der Waals surface area contributed by atoms with E-state index < -0.39 is 11.2 Å². The first-order chi connectivity index (χ1) is 14.7. The molecule has 1 aliphatic rings. The summed E-state index contributed by atoms with van der Waals surface area (Å²) in [5.41, 5.74) is 0.718. The average molecular weight is 431 g/mol. The molecule has 9 nitrogen and oxygen atoms in total. The number of rotatable bonds is 7. The minimum Gasteiger partial charge on any atom is -0.376 e. The zero-order valence-corrected chi connectivity index (χ0v) is 18.3. The first-order valence-electron chi connectivity index (χ1n) is 10.6. The Kier molecular flexibility index (Phi) is 7.07. The predicted octanol–water partition coefficient (Wildman–Crippen LogP) is 3.44. The number of nitro benzene ring substituents is 1. The number of piperazine rings is 1. The summed E-state index contributed by atoms with van der Waals surface area (Å²) in [6.45, 7) is 8.80. The fraction of sp³-hybridized carbons (Fsp3) is 0.545. The van der Waals surface area contributed by atoms with Crippen molar-refractivity contribution in [3.8, 4) is 11.3 Å². The summed E-state index contributed by atoms with van der Waals surface area (Å²) in [7, 11) is 0. The lowest BCUT2D eigenvalue weighted by Gasteiger charge is -2.44. The number of benzene rings is 1. The number of aromatic nitrogens is 1. The standard InChI is InChI=1S/C22H30N4O5/c1-13(2)9-16-12-25(19(10-14(3)4)21(27)23-16)22(28)18-11-20(31-24-18)15-5-7-17(8-6-15)26(29)30/h5-8,11,13-14,16,19,21,23,27H,9-10,12H2,1-4H3/t16-,19-,21?/m0/s1. The van der Waals surface area contributed by atoms with E-state index in [1.165, 1.54) is 12.1 Å². The number of nitrogens with one attached hydrogen (secondary N) is 1. The van der Waals surface area contributed by atoms with E-state index in [4.69, 9.17) is 4.52 Å². The number of hydrogen-bond acceptors (Lipinski definition) is 7. The Morgan fingerprint density at radius 2 is 1.90 bits per heavy atom. The van der Waals surface area contributed by atoms with E-state index in [1.54, 1.807) is 23.1 Å². The Bertz CT molecular complexity index is 909. The van der Waals surface area contributed by atoms with Crippen molar-refractivity contribution in [2.45, 2.75) is 58.8 Å². The molecule has 1 aromatic heterocycles. The molecule has 9 heteroatoms. The van der Waals surface area contributed by atoms with Crippen molar-refractivity contribution in [3.05, 3.63) is 46.1 Å². The zero-order chi connectivity index (χ0) is 22.7. The summed E-state index contributed by atoms with van der Waals surface area (Å²) in [6.07, 6.45) is 0.675. The van der Waals surface area contributed by atoms with Crippen molar-refractivity contribution >= 4 is 11.6 Å². The van der Waals surface area contributed by atoms with Gasteiger partial charge >= 0.3 is 0 Å². The van der Waals surface area contributed by atoms with E-state index in [-0.39, 0.29) is 29.4 Å². The quantitative estimate of drug-likeness (QED) is 0.510. The molecule has 2 aromatic rings. The number of non-ortho nitro benzene ring substituents is 1. The van der Waals surface area contributed by atoms with Crippen molar-refractivity contribution in [3.63, 3.8) is 0 Å². The van der Waals surface area contributed by atoms with Gasteiger partial charge < -0.3 is 14.5 Å². The lowest BCUT2D eigenvalue weighted by atomic mass is 9.94. The van der Waals surface area contributed by atoms with Gasteiger partial charge in [0.2, 0.25) is 0 Å². The van der Waals surface area contributed by atoms with Crippen LogP contribution in [0, 0.1) is 22.0 Å². The van der Waals surface area contributed by atoms with Gasteiger partial charge in [-0.3, -0.25) is 20.2 Å². The molecule has 2 heterocycles. The lowest BCUT2D eigenvalue weighted by Crippen LogP contribution is -2.64. The smallest absolute Gasteiger partial charge is 0.276 e. The van der Waals surface area contributed by atoms with Gasteiger partial charge in [0, 0.05) is 36.3 Å². The molecule has 0 aliphatic carbocycles. The lowest BCUT2D eigenvalue weighted by molar-refractivity contribution is -0.384. The zero-order valence-electron chi connectivity index (χ0n) is 18.3. The highest BCUT2D eigenvalue weighted by Crippen LogP contribution is 2.26. The molecule has 2 N–H and O–H groups in total. The van der Waals surface area contributed by atoms with E-state index in [0.717, 1.165) is 6.42 Å². The van der Waals surface area contributed by atoms with Gasteiger partial charge in [-0.05, 0) is 36.8 Å². The maximum atomic E-state index is 13.3. The molecule has 0 spiro atoms. The fourth-order valence-corrected chi connectivity index (χ4v) is 4.04. The van der Waals surface area contributed by atoms with Crippen molar-refractivity contribution in [2.24, 2.45) is 11.8 Å². The molecule has 3 atom stereocenters. The van der Waals surface area contributed by atoms with Crippen LogP contribution in [0.4, 0.5) is 5.69 Å². The van der Waals surface area contributed by atoms with Gasteiger partial charge in [0.15, 0.2) is 11.5 Å². The average Bonchev–Trinajstić information content (AvgIpc) is 3.19. The van der Waals surface area contributed by atoms with Crippen molar-refractivity contribution in [1.29, 1.82) is 0 Å². The summed E-state index contributed by atoms with van der Waals surface area (Å²) >= 11 is 0. The Hall–Kier alpha value is -2.78. The largest absolute Gasteiger partial charge is 0.376 e. The SMILES string of the molecule is CC(C)C[C@H]1CN(C(=O)c2cc(-c3ccc([N+](=O)[O-])cc3)on2)[C@@H](CC(C)C)C(O)N1. The Balaban J connectivity index is 1.83. The molecule has 0 bridgehead atoms. The van der Waals surface area contributed by atoms with Gasteiger partial charge in [0.1, 0.15) is 6.23 Å². The second-order valence-corrected chi connectivity index (χ2v) is 8.97. The van der Waals surface area contributed by atoms with E-state index in [9.17, 15) is 20.0 Å². The summed E-state index contributed by atoms with van der Waals surface area (Å²) in [5, 5.41) is 28.8. The summed E-state index contributed by atoms with van der Waals surface area (Å²) in [4.78, 5) is 25.4. The molecule has 1 saturated heterocycles. The monoisotopic (exact) mass is 430 g/mol. The van der Waals surface area contributed by atoms with E-state index in [2.05, 4.69) is 38.2 Å². The highest BCUT2D eigenvalue weighted by atomic mass is 16.6. The first kappa shape index (κ1) is 22.9. The number of nitrogens with zero attached hydrogens (tertiary/aromatic N) is 3. The number of aliphatic hydroxyl groups excluding tert-OH is 1. The Labute approximate surface area is 181 Å². The summed E-state index contributed by atoms with van der Waals surface area (Å²) in [6, 6.07) is 7.03. The van der Waals surface area contributed by atoms with Crippen LogP contribution in [0.15, 0.2) is 34.9 Å². The molecule has 31 heavy (non-hydrogen) atoms. The number of carbonyl (C=O) groups is 1. The number of nitro groups is 1. The highest BCUT2D eigenvalue weighted by molar-refractivity contribution is 5.93. The second-order valence-electron chi connectivity index (χ2n) is 8.97. The third kappa shape index (κ3) is 5.48. The van der Waals surface area contributed by atoms with Crippen LogP contribution in [0.2, 0.25) is 0 Å². The van der Waals surface area contributed by atoms with Crippen LogP contribution in [-0.2, 0) is 0 Å². The third-order valence-electron chi connectivity index (χ3n) is 5.41. The molecule has 1 fully saturated rings. The minimum absolute atomic E-state index is 0.0107. The fourth-order valence-electron chi connectivity index (χ4n) is 4.04. The molecule has 0 saturated carbocycles. The van der Waals surface area contributed by atoms with Crippen LogP contribution in [0.3, 0.4) is 0 Å². The molecule has 1 aliphatic heterocycles. The van der Waals surface area contributed by atoms with Crippen LogP contribution in [0.5, 0.6) is 0 Å². The van der Waals surface area contributed by atoms with Crippen LogP contribution in [-0.4, -0.2) is 50.8 Å². The summed E-state index contributed by atoms with van der Waals surface area (Å²) in [5.74, 6) is 0.778. The van der Waals surface area contributed by atoms with Crippen molar-refractivity contribution in [2.75, 3.05) is 6.54 Å². The van der Waals surface area contributed by atoms with Crippen molar-refractivity contribution < 1.29 is 19.3 Å². The molecule has 168 valence electrons. The van der Waals surface area contributed by atoms with Crippen LogP contribution >= 0.6 is 0 Å². The normalized spacial score (nSPS) is 21.6. The Morgan fingerprint density at radius 1 is 1.26 bits per heavy atom. The molecule has 1 aromatic carbocycles. The Morgan fingerprint density at radius 3 is 2.48 bits per heavy atom. The predicted molar refractivity (Wildman–Crippen MR) is 115 cm³/mol. The van der Waals surface area contributed by atoms with Crippen LogP contribution in [0.1, 0.15) is 51.0 Å². The molecular formula is C22H30N4O5. The topological polar surface area (TPSA) is 122 Å². The highest BCUT2D eigenvalue weighted by Gasteiger charge is 2.39. The van der Waals surface area contributed by atoms with Gasteiger partial charge in [0.05, 0.1) is 11.0 Å². The molecule has 0 radical (unpaired) electrons. The molecule has 1 unspecified atom stereocenters. The van der Waals surface area contributed by atoms with Gasteiger partial charge in [-0.15, -0.1) is 0 Å². The maximum Gasteiger partial charge on any atom is 0.276 e. The number of hydrogen-bond donors (Lipinski definition) is 2. The van der Waals surface area contributed by atoms with Crippen LogP contribution in [0.25, 0.3) is 11.3 Å². The third-order valence-corrected chi connectivity index (χ3v) is 5.41. The van der Waals surface area contributed by atoms with E-state index in [1.807, 2.05) is 0 Å². The van der Waals surface area contributed by atoms with Gasteiger partial charge in [-0.25, -0.2) is 0 Å². The first-order valence-corrected chi connectivity index (χ1v) is 10.6. The van der Waals surface area contributed by atoms with Gasteiger partial charge in [-0.1, -0.05) is 32.9 Å².